The second kappa shape index (κ2) is 6.88. The largest absolute Gasteiger partial charge is 0.465 e. The van der Waals surface area contributed by atoms with Gasteiger partial charge in [-0.05, 0) is 29.8 Å². The van der Waals surface area contributed by atoms with Gasteiger partial charge in [-0.2, -0.15) is 0 Å². The Hall–Kier alpha value is -2.60. The second-order valence-corrected chi connectivity index (χ2v) is 6.02. The highest BCUT2D eigenvalue weighted by atomic mass is 79.9. The lowest BCUT2D eigenvalue weighted by atomic mass is 10.0. The molecule has 0 saturated heterocycles. The lowest BCUT2D eigenvalue weighted by Gasteiger charge is -2.13. The van der Waals surface area contributed by atoms with Crippen molar-refractivity contribution in [3.8, 4) is 0 Å². The van der Waals surface area contributed by atoms with E-state index >= 15 is 0 Å². The molecule has 1 aliphatic rings. The van der Waals surface area contributed by atoms with Crippen molar-refractivity contribution in [2.45, 2.75) is 6.10 Å². The number of carbonyl (C=O) groups excluding carboxylic acids is 2. The number of benzene rings is 2. The molecule has 3 rings (SSSR count). The third kappa shape index (κ3) is 3.19. The molecule has 122 valence electrons. The zero-order valence-corrected chi connectivity index (χ0v) is 14.4. The molecule has 0 fully saturated rings. The normalized spacial score (nSPS) is 16.8. The van der Waals surface area contributed by atoms with Crippen LogP contribution in [0.3, 0.4) is 0 Å². The van der Waals surface area contributed by atoms with Gasteiger partial charge in [-0.1, -0.05) is 46.3 Å². The highest BCUT2D eigenvalue weighted by Crippen LogP contribution is 2.36. The van der Waals surface area contributed by atoms with Crippen molar-refractivity contribution in [3.63, 3.8) is 0 Å². The fourth-order valence-corrected chi connectivity index (χ4v) is 2.71. The summed E-state index contributed by atoms with van der Waals surface area (Å²) in [5.74, 6) is -1.20. The summed E-state index contributed by atoms with van der Waals surface area (Å²) in [6.07, 6.45) is -0.802. The van der Waals surface area contributed by atoms with Crippen LogP contribution in [0.2, 0.25) is 0 Å². The average molecular weight is 388 g/mol. The van der Waals surface area contributed by atoms with Crippen LogP contribution in [-0.2, 0) is 19.1 Å². The minimum absolute atomic E-state index is 0.0981. The zero-order chi connectivity index (χ0) is 17.1. The molecule has 0 radical (unpaired) electrons. The lowest BCUT2D eigenvalue weighted by Crippen LogP contribution is -2.14. The number of hydrogen-bond acceptors (Lipinski definition) is 5. The average Bonchev–Trinajstić information content (AvgIpc) is 2.92. The molecule has 1 unspecified atom stereocenters. The van der Waals surface area contributed by atoms with Crippen LogP contribution in [0.5, 0.6) is 0 Å². The first kappa shape index (κ1) is 16.3. The molecule has 1 atom stereocenters. The van der Waals surface area contributed by atoms with Crippen LogP contribution in [0.25, 0.3) is 0 Å². The number of cyclic esters (lactones) is 1. The molecule has 1 N–H and O–H groups in total. The molecule has 1 heterocycles. The number of nitrogens with one attached hydrogen (secondary N) is 1. The lowest BCUT2D eigenvalue weighted by molar-refractivity contribution is -0.141. The van der Waals surface area contributed by atoms with E-state index in [-0.39, 0.29) is 11.3 Å². The molecule has 0 aliphatic carbocycles. The van der Waals surface area contributed by atoms with Crippen molar-refractivity contribution in [2.24, 2.45) is 0 Å². The third-order valence-corrected chi connectivity index (χ3v) is 4.11. The van der Waals surface area contributed by atoms with Gasteiger partial charge in [0.2, 0.25) is 0 Å². The number of methoxy groups -OCH3 is 1. The molecule has 24 heavy (non-hydrogen) atoms. The Balaban J connectivity index is 2.03. The molecule has 1 aliphatic heterocycles. The van der Waals surface area contributed by atoms with Crippen LogP contribution in [0.15, 0.2) is 70.3 Å². The number of hydrogen-bond donors (Lipinski definition) is 1. The number of carbonyl (C=O) groups is 2. The molecule has 6 heteroatoms. The maximum atomic E-state index is 12.3. The first-order chi connectivity index (χ1) is 11.6. The Morgan fingerprint density at radius 3 is 2.42 bits per heavy atom. The van der Waals surface area contributed by atoms with E-state index in [2.05, 4.69) is 21.2 Å². The minimum Gasteiger partial charge on any atom is -0.465 e. The van der Waals surface area contributed by atoms with Crippen LogP contribution in [0, 0.1) is 0 Å². The number of anilines is 1. The number of esters is 2. The van der Waals surface area contributed by atoms with Crippen LogP contribution in [-0.4, -0.2) is 19.0 Å². The van der Waals surface area contributed by atoms with E-state index in [0.29, 0.717) is 11.3 Å². The Morgan fingerprint density at radius 2 is 1.79 bits per heavy atom. The quantitative estimate of drug-likeness (QED) is 0.812. The number of rotatable bonds is 4. The van der Waals surface area contributed by atoms with Crippen molar-refractivity contribution in [3.05, 3.63) is 75.9 Å². The van der Waals surface area contributed by atoms with Crippen molar-refractivity contribution < 1.29 is 19.1 Å². The molecule has 2 aromatic carbocycles. The molecule has 0 spiro atoms. The summed E-state index contributed by atoms with van der Waals surface area (Å²) in [5.41, 5.74) is 1.63. The van der Waals surface area contributed by atoms with E-state index in [1.807, 2.05) is 30.3 Å². The molecular weight excluding hydrogens is 374 g/mol. The van der Waals surface area contributed by atoms with Gasteiger partial charge in [0.15, 0.2) is 6.10 Å². The van der Waals surface area contributed by atoms with Crippen LogP contribution in [0.4, 0.5) is 5.69 Å². The minimum atomic E-state index is -0.802. The number of halogens is 1. The van der Waals surface area contributed by atoms with Gasteiger partial charge in [0.25, 0.3) is 0 Å². The SMILES string of the molecule is COC(=O)C1=C(Nc2ccccc2)C(=O)OC1c1ccc(Br)cc1. The Labute approximate surface area is 147 Å². The summed E-state index contributed by atoms with van der Waals surface area (Å²) < 4.78 is 11.2. The van der Waals surface area contributed by atoms with Gasteiger partial charge in [0.1, 0.15) is 11.3 Å². The Kier molecular flexibility index (Phi) is 4.66. The standard InChI is InChI=1S/C18H14BrNO4/c1-23-17(21)14-15(20-13-5-3-2-4-6-13)18(22)24-16(14)11-7-9-12(19)10-8-11/h2-10,16,20H,1H3. The molecule has 0 bridgehead atoms. The summed E-state index contributed by atoms with van der Waals surface area (Å²) in [5, 5.41) is 2.96. The predicted molar refractivity (Wildman–Crippen MR) is 92.1 cm³/mol. The van der Waals surface area contributed by atoms with Crippen LogP contribution >= 0.6 is 15.9 Å². The molecule has 2 aromatic rings. The first-order valence-electron chi connectivity index (χ1n) is 7.21. The Bertz CT molecular complexity index is 800. The number of para-hydroxylation sites is 1. The van der Waals surface area contributed by atoms with Gasteiger partial charge in [0.05, 0.1) is 7.11 Å². The maximum Gasteiger partial charge on any atom is 0.356 e. The summed E-state index contributed by atoms with van der Waals surface area (Å²) in [6, 6.07) is 16.3. The van der Waals surface area contributed by atoms with E-state index in [4.69, 9.17) is 9.47 Å². The zero-order valence-electron chi connectivity index (χ0n) is 12.8. The van der Waals surface area contributed by atoms with Crippen LogP contribution in [0.1, 0.15) is 11.7 Å². The topological polar surface area (TPSA) is 64.6 Å². The maximum absolute atomic E-state index is 12.3. The summed E-state index contributed by atoms with van der Waals surface area (Å²) >= 11 is 3.36. The van der Waals surface area contributed by atoms with E-state index < -0.39 is 18.0 Å². The summed E-state index contributed by atoms with van der Waals surface area (Å²) in [7, 11) is 1.27. The van der Waals surface area contributed by atoms with E-state index in [1.165, 1.54) is 7.11 Å². The van der Waals surface area contributed by atoms with Gasteiger partial charge < -0.3 is 14.8 Å². The smallest absolute Gasteiger partial charge is 0.356 e. The molecule has 5 nitrogen and oxygen atoms in total. The molecular formula is C18H14BrNO4. The molecule has 0 saturated carbocycles. The number of ether oxygens (including phenoxy) is 2. The fraction of sp³-hybridized carbons (Fsp3) is 0.111. The summed E-state index contributed by atoms with van der Waals surface area (Å²) in [4.78, 5) is 24.5. The summed E-state index contributed by atoms with van der Waals surface area (Å²) in [6.45, 7) is 0. The third-order valence-electron chi connectivity index (χ3n) is 3.58. The van der Waals surface area contributed by atoms with Crippen LogP contribution < -0.4 is 5.32 Å². The second-order valence-electron chi connectivity index (χ2n) is 5.11. The van der Waals surface area contributed by atoms with Crippen molar-refractivity contribution in [1.82, 2.24) is 0 Å². The fourth-order valence-electron chi connectivity index (χ4n) is 2.44. The van der Waals surface area contributed by atoms with Crippen molar-refractivity contribution in [1.29, 1.82) is 0 Å². The van der Waals surface area contributed by atoms with E-state index in [1.54, 1.807) is 24.3 Å². The van der Waals surface area contributed by atoms with Gasteiger partial charge in [0, 0.05) is 10.2 Å². The van der Waals surface area contributed by atoms with Gasteiger partial charge in [-0.15, -0.1) is 0 Å². The monoisotopic (exact) mass is 387 g/mol. The molecule has 0 aromatic heterocycles. The van der Waals surface area contributed by atoms with Crippen molar-refractivity contribution in [2.75, 3.05) is 12.4 Å². The van der Waals surface area contributed by atoms with Crippen molar-refractivity contribution >= 4 is 33.6 Å². The van der Waals surface area contributed by atoms with Gasteiger partial charge in [-0.25, -0.2) is 9.59 Å². The van der Waals surface area contributed by atoms with Gasteiger partial charge >= 0.3 is 11.9 Å². The van der Waals surface area contributed by atoms with E-state index in [9.17, 15) is 9.59 Å². The predicted octanol–water partition coefficient (Wildman–Crippen LogP) is 3.59. The Morgan fingerprint density at radius 1 is 1.12 bits per heavy atom. The first-order valence-corrected chi connectivity index (χ1v) is 8.00. The molecule has 0 amide bonds. The van der Waals surface area contributed by atoms with E-state index in [0.717, 1.165) is 4.47 Å². The highest BCUT2D eigenvalue weighted by molar-refractivity contribution is 9.10. The highest BCUT2D eigenvalue weighted by Gasteiger charge is 2.40. The van der Waals surface area contributed by atoms with Gasteiger partial charge in [-0.3, -0.25) is 0 Å².